The van der Waals surface area contributed by atoms with Gasteiger partial charge in [-0.05, 0) is 56.9 Å². The first kappa shape index (κ1) is 17.1. The smallest absolute Gasteiger partial charge is 0.251 e. The number of anilines is 1. The van der Waals surface area contributed by atoms with Crippen LogP contribution in [0.5, 0.6) is 0 Å². The van der Waals surface area contributed by atoms with Gasteiger partial charge in [-0.25, -0.2) is 0 Å². The molecule has 1 saturated heterocycles. The van der Waals surface area contributed by atoms with E-state index in [1.54, 1.807) is 0 Å². The van der Waals surface area contributed by atoms with Crippen molar-refractivity contribution in [1.82, 2.24) is 10.2 Å². The number of nitrogens with one attached hydrogen (secondary N) is 1. The SMILES string of the molecule is CC1=NN(c2ccc(C(=O)NC3CCN(C(=O)C4CC4)CC3)cc2)CC1. The van der Waals surface area contributed by atoms with Gasteiger partial charge in [-0.3, -0.25) is 14.6 Å². The van der Waals surface area contributed by atoms with E-state index in [-0.39, 0.29) is 17.9 Å². The van der Waals surface area contributed by atoms with Gasteiger partial charge in [0.25, 0.3) is 5.91 Å². The van der Waals surface area contributed by atoms with E-state index in [1.807, 2.05) is 41.1 Å². The summed E-state index contributed by atoms with van der Waals surface area (Å²) in [6, 6.07) is 7.78. The average Bonchev–Trinajstić information content (AvgIpc) is 3.43. The molecule has 0 radical (unpaired) electrons. The van der Waals surface area contributed by atoms with Gasteiger partial charge in [-0.15, -0.1) is 0 Å². The molecule has 0 spiro atoms. The quantitative estimate of drug-likeness (QED) is 0.903. The van der Waals surface area contributed by atoms with Crippen LogP contribution in [0.3, 0.4) is 0 Å². The maximum atomic E-state index is 12.5. The van der Waals surface area contributed by atoms with Gasteiger partial charge in [-0.2, -0.15) is 5.10 Å². The molecule has 4 rings (SSSR count). The first-order valence-corrected chi connectivity index (χ1v) is 9.61. The van der Waals surface area contributed by atoms with Crippen LogP contribution in [0.4, 0.5) is 5.69 Å². The van der Waals surface area contributed by atoms with Crippen LogP contribution in [0.15, 0.2) is 29.4 Å². The highest BCUT2D eigenvalue weighted by atomic mass is 16.2. The number of rotatable bonds is 4. The lowest BCUT2D eigenvalue weighted by Gasteiger charge is -2.32. The molecule has 138 valence electrons. The number of carbonyl (C=O) groups is 2. The van der Waals surface area contributed by atoms with Crippen LogP contribution in [0.25, 0.3) is 0 Å². The molecule has 2 aliphatic heterocycles. The maximum Gasteiger partial charge on any atom is 0.251 e. The van der Waals surface area contributed by atoms with E-state index in [2.05, 4.69) is 10.4 Å². The standard InChI is InChI=1S/C20H26N4O2/c1-14-8-13-24(22-14)18-6-4-15(5-7-18)19(25)21-17-9-11-23(12-10-17)20(26)16-2-3-16/h4-7,16-17H,2-3,8-13H2,1H3,(H,21,25). The normalized spacial score (nSPS) is 20.9. The lowest BCUT2D eigenvalue weighted by molar-refractivity contribution is -0.133. The van der Waals surface area contributed by atoms with Crippen molar-refractivity contribution in [3.8, 4) is 0 Å². The fourth-order valence-corrected chi connectivity index (χ4v) is 3.65. The van der Waals surface area contributed by atoms with Crippen molar-refractivity contribution in [3.63, 3.8) is 0 Å². The molecule has 26 heavy (non-hydrogen) atoms. The fraction of sp³-hybridized carbons (Fsp3) is 0.550. The molecule has 3 aliphatic rings. The second kappa shape index (κ2) is 7.09. The van der Waals surface area contributed by atoms with Gasteiger partial charge in [0.1, 0.15) is 0 Å². The minimum Gasteiger partial charge on any atom is -0.349 e. The summed E-state index contributed by atoms with van der Waals surface area (Å²) in [4.78, 5) is 26.6. The Labute approximate surface area is 154 Å². The molecule has 1 aromatic carbocycles. The molecule has 0 unspecified atom stereocenters. The molecule has 2 amide bonds. The number of hydrazone groups is 1. The van der Waals surface area contributed by atoms with E-state index < -0.39 is 0 Å². The summed E-state index contributed by atoms with van der Waals surface area (Å²) in [7, 11) is 0. The fourth-order valence-electron chi connectivity index (χ4n) is 3.65. The largest absolute Gasteiger partial charge is 0.349 e. The summed E-state index contributed by atoms with van der Waals surface area (Å²) in [6.45, 7) is 4.44. The van der Waals surface area contributed by atoms with Crippen LogP contribution in [0.1, 0.15) is 49.4 Å². The van der Waals surface area contributed by atoms with Crippen LogP contribution >= 0.6 is 0 Å². The number of hydrogen-bond acceptors (Lipinski definition) is 4. The van der Waals surface area contributed by atoms with Crippen molar-refractivity contribution in [3.05, 3.63) is 29.8 Å². The Morgan fingerprint density at radius 1 is 1.04 bits per heavy atom. The summed E-state index contributed by atoms with van der Waals surface area (Å²) in [5.74, 6) is 0.554. The maximum absolute atomic E-state index is 12.5. The third-order valence-corrected chi connectivity index (χ3v) is 5.47. The highest BCUT2D eigenvalue weighted by molar-refractivity contribution is 5.95. The number of nitrogens with zero attached hydrogens (tertiary/aromatic N) is 3. The first-order chi connectivity index (χ1) is 12.6. The van der Waals surface area contributed by atoms with Crippen LogP contribution in [0.2, 0.25) is 0 Å². The zero-order valence-electron chi connectivity index (χ0n) is 15.3. The minimum absolute atomic E-state index is 0.0374. The van der Waals surface area contributed by atoms with Crippen molar-refractivity contribution in [2.45, 2.75) is 45.1 Å². The Morgan fingerprint density at radius 2 is 1.73 bits per heavy atom. The van der Waals surface area contributed by atoms with Crippen LogP contribution in [-0.2, 0) is 4.79 Å². The number of hydrogen-bond donors (Lipinski definition) is 1. The number of carbonyl (C=O) groups excluding carboxylic acids is 2. The van der Waals surface area contributed by atoms with Gasteiger partial charge < -0.3 is 10.2 Å². The molecule has 2 fully saturated rings. The zero-order chi connectivity index (χ0) is 18.1. The summed E-state index contributed by atoms with van der Waals surface area (Å²) in [6.07, 6.45) is 4.76. The van der Waals surface area contributed by atoms with Gasteiger partial charge in [0.05, 0.1) is 5.69 Å². The monoisotopic (exact) mass is 354 g/mol. The highest BCUT2D eigenvalue weighted by Gasteiger charge is 2.35. The molecule has 6 nitrogen and oxygen atoms in total. The van der Waals surface area contributed by atoms with Crippen molar-refractivity contribution >= 4 is 23.2 Å². The van der Waals surface area contributed by atoms with Crippen molar-refractivity contribution < 1.29 is 9.59 Å². The number of amides is 2. The molecule has 1 aromatic rings. The molecular weight excluding hydrogens is 328 g/mol. The molecule has 0 aromatic heterocycles. The summed E-state index contributed by atoms with van der Waals surface area (Å²) in [5.41, 5.74) is 2.83. The molecule has 6 heteroatoms. The van der Waals surface area contributed by atoms with E-state index in [4.69, 9.17) is 0 Å². The van der Waals surface area contributed by atoms with Crippen molar-refractivity contribution in [2.75, 3.05) is 24.6 Å². The third kappa shape index (κ3) is 3.74. The van der Waals surface area contributed by atoms with Gasteiger partial charge in [0.2, 0.25) is 5.91 Å². The van der Waals surface area contributed by atoms with E-state index in [9.17, 15) is 9.59 Å². The van der Waals surface area contributed by atoms with Crippen molar-refractivity contribution in [2.24, 2.45) is 11.0 Å². The molecular formula is C20H26N4O2. The number of benzene rings is 1. The van der Waals surface area contributed by atoms with E-state index in [0.717, 1.165) is 63.1 Å². The van der Waals surface area contributed by atoms with E-state index in [1.165, 1.54) is 0 Å². The molecule has 0 atom stereocenters. The summed E-state index contributed by atoms with van der Waals surface area (Å²) >= 11 is 0. The predicted octanol–water partition coefficient (Wildman–Crippen LogP) is 2.40. The average molecular weight is 354 g/mol. The van der Waals surface area contributed by atoms with Crippen LogP contribution in [-0.4, -0.2) is 48.1 Å². The topological polar surface area (TPSA) is 65.0 Å². The summed E-state index contributed by atoms with van der Waals surface area (Å²) < 4.78 is 0. The van der Waals surface area contributed by atoms with E-state index >= 15 is 0 Å². The Bertz CT molecular complexity index is 716. The van der Waals surface area contributed by atoms with Gasteiger partial charge in [0, 0.05) is 49.3 Å². The van der Waals surface area contributed by atoms with E-state index in [0.29, 0.717) is 11.5 Å². The Morgan fingerprint density at radius 3 is 2.31 bits per heavy atom. The lowest BCUT2D eigenvalue weighted by atomic mass is 10.0. The van der Waals surface area contributed by atoms with Crippen LogP contribution < -0.4 is 10.3 Å². The highest BCUT2D eigenvalue weighted by Crippen LogP contribution is 2.32. The number of likely N-dealkylation sites (tertiary alicyclic amines) is 1. The number of piperidine rings is 1. The molecule has 1 N–H and O–H groups in total. The van der Waals surface area contributed by atoms with Crippen molar-refractivity contribution in [1.29, 1.82) is 0 Å². The zero-order valence-corrected chi connectivity index (χ0v) is 15.3. The summed E-state index contributed by atoms with van der Waals surface area (Å²) in [5, 5.41) is 9.58. The Balaban J connectivity index is 1.29. The molecule has 1 aliphatic carbocycles. The van der Waals surface area contributed by atoms with Gasteiger partial charge >= 0.3 is 0 Å². The second-order valence-corrected chi connectivity index (χ2v) is 7.60. The second-order valence-electron chi connectivity index (χ2n) is 7.60. The third-order valence-electron chi connectivity index (χ3n) is 5.47. The molecule has 1 saturated carbocycles. The minimum atomic E-state index is -0.0374. The van der Waals surface area contributed by atoms with Gasteiger partial charge in [0.15, 0.2) is 0 Å². The molecule has 2 heterocycles. The Hall–Kier alpha value is -2.37. The Kier molecular flexibility index (Phi) is 4.66. The van der Waals surface area contributed by atoms with Gasteiger partial charge in [-0.1, -0.05) is 0 Å². The lowest BCUT2D eigenvalue weighted by Crippen LogP contribution is -2.47. The first-order valence-electron chi connectivity index (χ1n) is 9.61. The predicted molar refractivity (Wildman–Crippen MR) is 101 cm³/mol. The molecule has 0 bridgehead atoms. The van der Waals surface area contributed by atoms with Crippen LogP contribution in [0, 0.1) is 5.92 Å².